The van der Waals surface area contributed by atoms with Gasteiger partial charge in [0.05, 0.1) is 6.42 Å². The van der Waals surface area contributed by atoms with E-state index in [2.05, 4.69) is 18.0 Å². The molecule has 0 amide bonds. The van der Waals surface area contributed by atoms with Crippen LogP contribution < -0.4 is 0 Å². The zero-order valence-electron chi connectivity index (χ0n) is 9.50. The highest BCUT2D eigenvalue weighted by molar-refractivity contribution is 5.89. The maximum atomic E-state index is 10.7. The number of rotatable bonds is 3. The van der Waals surface area contributed by atoms with Crippen LogP contribution in [0.3, 0.4) is 0 Å². The second kappa shape index (κ2) is 4.00. The molecule has 3 heteroatoms. The first-order valence-electron chi connectivity index (χ1n) is 5.44. The fourth-order valence-corrected chi connectivity index (χ4v) is 2.18. The Balaban J connectivity index is 2.63. The molecule has 0 saturated heterocycles. The largest absolute Gasteiger partial charge is 0.481 e. The lowest BCUT2D eigenvalue weighted by molar-refractivity contribution is -0.136. The molecule has 0 bridgehead atoms. The number of hydrogen-bond donors (Lipinski definition) is 2. The van der Waals surface area contributed by atoms with Gasteiger partial charge in [0.25, 0.3) is 0 Å². The number of aromatic nitrogens is 1. The predicted octanol–water partition coefficient (Wildman–Crippen LogP) is 2.67. The lowest BCUT2D eigenvalue weighted by Crippen LogP contribution is -2.01. The Kier molecular flexibility index (Phi) is 2.69. The Morgan fingerprint density at radius 1 is 1.44 bits per heavy atom. The van der Waals surface area contributed by atoms with Gasteiger partial charge in [0.15, 0.2) is 0 Å². The minimum absolute atomic E-state index is 0.0592. The monoisotopic (exact) mass is 217 g/mol. The standard InChI is InChI=1S/C13H15NO2/c1-3-9-5-4-6-10-13(9)8(2)11(14-10)7-12(15)16/h4-6,14H,3,7H2,1-2H3,(H,15,16). The van der Waals surface area contributed by atoms with E-state index in [9.17, 15) is 4.79 Å². The highest BCUT2D eigenvalue weighted by Gasteiger charge is 2.12. The van der Waals surface area contributed by atoms with Gasteiger partial charge in [0.1, 0.15) is 0 Å². The summed E-state index contributed by atoms with van der Waals surface area (Å²) in [6.07, 6.45) is 1.02. The van der Waals surface area contributed by atoms with E-state index in [1.165, 1.54) is 10.9 Å². The lowest BCUT2D eigenvalue weighted by atomic mass is 10.0. The minimum Gasteiger partial charge on any atom is -0.481 e. The average molecular weight is 217 g/mol. The quantitative estimate of drug-likeness (QED) is 0.830. The van der Waals surface area contributed by atoms with Gasteiger partial charge in [-0.25, -0.2) is 0 Å². The van der Waals surface area contributed by atoms with Crippen LogP contribution in [0.5, 0.6) is 0 Å². The molecular weight excluding hydrogens is 202 g/mol. The molecule has 0 radical (unpaired) electrons. The SMILES string of the molecule is CCc1cccc2[nH]c(CC(=O)O)c(C)c12. The molecule has 0 fully saturated rings. The molecular formula is C13H15NO2. The van der Waals surface area contributed by atoms with E-state index < -0.39 is 5.97 Å². The molecule has 0 atom stereocenters. The summed E-state index contributed by atoms with van der Waals surface area (Å²) < 4.78 is 0. The van der Waals surface area contributed by atoms with Crippen molar-refractivity contribution in [1.82, 2.24) is 4.98 Å². The van der Waals surface area contributed by atoms with Crippen molar-refractivity contribution in [1.29, 1.82) is 0 Å². The number of aromatic amines is 1. The summed E-state index contributed by atoms with van der Waals surface area (Å²) in [6.45, 7) is 4.09. The van der Waals surface area contributed by atoms with Crippen molar-refractivity contribution in [2.24, 2.45) is 0 Å². The van der Waals surface area contributed by atoms with Gasteiger partial charge in [-0.05, 0) is 30.5 Å². The van der Waals surface area contributed by atoms with E-state index in [0.29, 0.717) is 0 Å². The lowest BCUT2D eigenvalue weighted by Gasteiger charge is -2.00. The number of nitrogens with one attached hydrogen (secondary N) is 1. The first-order valence-corrected chi connectivity index (χ1v) is 5.44. The number of benzene rings is 1. The summed E-state index contributed by atoms with van der Waals surface area (Å²) in [5, 5.41) is 10.0. The molecule has 1 aromatic carbocycles. The molecule has 0 spiro atoms. The van der Waals surface area contributed by atoms with Crippen molar-refractivity contribution in [2.45, 2.75) is 26.7 Å². The number of carboxylic acid groups (broad SMARTS) is 1. The molecule has 2 aromatic rings. The molecule has 1 aromatic heterocycles. The molecule has 0 aliphatic heterocycles. The molecule has 84 valence electrons. The summed E-state index contributed by atoms with van der Waals surface area (Å²) in [5.74, 6) is -0.798. The van der Waals surface area contributed by atoms with Crippen LogP contribution in [-0.4, -0.2) is 16.1 Å². The third-order valence-corrected chi connectivity index (χ3v) is 2.97. The molecule has 16 heavy (non-hydrogen) atoms. The Morgan fingerprint density at radius 3 is 2.81 bits per heavy atom. The summed E-state index contributed by atoms with van der Waals surface area (Å²) in [7, 11) is 0. The van der Waals surface area contributed by atoms with E-state index in [0.717, 1.165) is 23.2 Å². The number of H-pyrrole nitrogens is 1. The van der Waals surface area contributed by atoms with Crippen molar-refractivity contribution in [3.05, 3.63) is 35.0 Å². The van der Waals surface area contributed by atoms with Crippen molar-refractivity contribution in [3.8, 4) is 0 Å². The summed E-state index contributed by atoms with van der Waals surface area (Å²) in [5.41, 5.74) is 4.18. The second-order valence-electron chi connectivity index (χ2n) is 3.99. The van der Waals surface area contributed by atoms with Gasteiger partial charge in [-0.3, -0.25) is 4.79 Å². The Morgan fingerprint density at radius 2 is 2.19 bits per heavy atom. The van der Waals surface area contributed by atoms with Crippen LogP contribution in [0, 0.1) is 6.92 Å². The highest BCUT2D eigenvalue weighted by atomic mass is 16.4. The normalized spacial score (nSPS) is 10.9. The average Bonchev–Trinajstić information content (AvgIpc) is 2.55. The number of aryl methyl sites for hydroxylation is 2. The van der Waals surface area contributed by atoms with Gasteiger partial charge in [-0.1, -0.05) is 19.1 Å². The zero-order chi connectivity index (χ0) is 11.7. The van der Waals surface area contributed by atoms with Crippen LogP contribution in [0.1, 0.15) is 23.7 Å². The molecule has 0 unspecified atom stereocenters. The van der Waals surface area contributed by atoms with Gasteiger partial charge in [0, 0.05) is 16.6 Å². The molecule has 2 rings (SSSR count). The fourth-order valence-electron chi connectivity index (χ4n) is 2.18. The van der Waals surface area contributed by atoms with Gasteiger partial charge < -0.3 is 10.1 Å². The number of fused-ring (bicyclic) bond motifs is 1. The number of carbonyl (C=O) groups is 1. The second-order valence-corrected chi connectivity index (χ2v) is 3.99. The Hall–Kier alpha value is -1.77. The van der Waals surface area contributed by atoms with Gasteiger partial charge in [-0.2, -0.15) is 0 Å². The maximum Gasteiger partial charge on any atom is 0.309 e. The van der Waals surface area contributed by atoms with Crippen molar-refractivity contribution in [2.75, 3.05) is 0 Å². The van der Waals surface area contributed by atoms with Gasteiger partial charge in [-0.15, -0.1) is 0 Å². The summed E-state index contributed by atoms with van der Waals surface area (Å²) >= 11 is 0. The zero-order valence-corrected chi connectivity index (χ0v) is 9.50. The third-order valence-electron chi connectivity index (χ3n) is 2.97. The van der Waals surface area contributed by atoms with Crippen LogP contribution in [-0.2, 0) is 17.6 Å². The summed E-state index contributed by atoms with van der Waals surface area (Å²) in [6, 6.07) is 6.09. The topological polar surface area (TPSA) is 53.1 Å². The Bertz CT molecular complexity index is 540. The van der Waals surface area contributed by atoms with E-state index in [4.69, 9.17) is 5.11 Å². The van der Waals surface area contributed by atoms with Crippen LogP contribution in [0.2, 0.25) is 0 Å². The van der Waals surface area contributed by atoms with E-state index >= 15 is 0 Å². The van der Waals surface area contributed by atoms with Crippen molar-refractivity contribution >= 4 is 16.9 Å². The number of carboxylic acids is 1. The highest BCUT2D eigenvalue weighted by Crippen LogP contribution is 2.26. The third kappa shape index (κ3) is 1.69. The first-order chi connectivity index (χ1) is 7.63. The Labute approximate surface area is 94.1 Å². The van der Waals surface area contributed by atoms with Gasteiger partial charge in [0.2, 0.25) is 0 Å². The molecule has 0 aliphatic rings. The maximum absolute atomic E-state index is 10.7. The molecule has 3 nitrogen and oxygen atoms in total. The van der Waals surface area contributed by atoms with Crippen molar-refractivity contribution < 1.29 is 9.90 Å². The van der Waals surface area contributed by atoms with Crippen LogP contribution in [0.4, 0.5) is 0 Å². The molecule has 0 aliphatic carbocycles. The molecule has 0 saturated carbocycles. The van der Waals surface area contributed by atoms with E-state index in [-0.39, 0.29) is 6.42 Å². The van der Waals surface area contributed by atoms with Crippen LogP contribution >= 0.6 is 0 Å². The smallest absolute Gasteiger partial charge is 0.309 e. The fraction of sp³-hybridized carbons (Fsp3) is 0.308. The summed E-state index contributed by atoms with van der Waals surface area (Å²) in [4.78, 5) is 13.9. The molecule has 1 heterocycles. The minimum atomic E-state index is -0.798. The first kappa shape index (κ1) is 10.7. The molecule has 2 N–H and O–H groups in total. The van der Waals surface area contributed by atoms with Crippen LogP contribution in [0.25, 0.3) is 10.9 Å². The number of aliphatic carboxylic acids is 1. The van der Waals surface area contributed by atoms with E-state index in [1.807, 2.05) is 19.1 Å². The van der Waals surface area contributed by atoms with Gasteiger partial charge >= 0.3 is 5.97 Å². The van der Waals surface area contributed by atoms with E-state index in [1.54, 1.807) is 0 Å². The predicted molar refractivity (Wildman–Crippen MR) is 63.8 cm³/mol. The number of hydrogen-bond acceptors (Lipinski definition) is 1. The van der Waals surface area contributed by atoms with Crippen LogP contribution in [0.15, 0.2) is 18.2 Å². The van der Waals surface area contributed by atoms with Crippen molar-refractivity contribution in [3.63, 3.8) is 0 Å².